The average Bonchev–Trinajstić information content (AvgIpc) is 2.86. The Morgan fingerprint density at radius 2 is 1.95 bits per heavy atom. The second-order valence-corrected chi connectivity index (χ2v) is 4.66. The molecule has 2 rings (SSSR count). The number of H-pyrrole nitrogens is 1. The summed E-state index contributed by atoms with van der Waals surface area (Å²) in [5, 5.41) is 12.6. The van der Waals surface area contributed by atoms with Crippen LogP contribution in [-0.2, 0) is 0 Å². The molecule has 1 aromatic heterocycles. The van der Waals surface area contributed by atoms with Crippen molar-refractivity contribution < 1.29 is 9.90 Å². The highest BCUT2D eigenvalue weighted by Gasteiger charge is 2.07. The first-order valence-corrected chi connectivity index (χ1v) is 6.78. The number of para-hydroxylation sites is 1. The number of nitrogens with one attached hydrogen (secondary N) is 2. The van der Waals surface area contributed by atoms with Crippen LogP contribution in [0.4, 0.5) is 0 Å². The first-order chi connectivity index (χ1) is 9.31. The predicted octanol–water partition coefficient (Wildman–Crippen LogP) is 2.45. The molecule has 3 N–H and O–H groups in total. The molecule has 0 fully saturated rings. The lowest BCUT2D eigenvalue weighted by molar-refractivity contribution is 0.0948. The van der Waals surface area contributed by atoms with E-state index in [1.807, 2.05) is 30.3 Å². The Morgan fingerprint density at radius 3 is 2.74 bits per heavy atom. The maximum absolute atomic E-state index is 11.9. The second kappa shape index (κ2) is 6.95. The number of aromatic amines is 1. The molecule has 0 saturated heterocycles. The lowest BCUT2D eigenvalue weighted by atomic mass is 10.2. The fourth-order valence-electron chi connectivity index (χ4n) is 2.08. The maximum atomic E-state index is 11.9. The molecule has 0 spiro atoms. The number of rotatable bonds is 7. The largest absolute Gasteiger partial charge is 0.396 e. The molecular formula is C15H20N2O2. The summed E-state index contributed by atoms with van der Waals surface area (Å²) in [6.45, 7) is 0.932. The lowest BCUT2D eigenvalue weighted by Crippen LogP contribution is -2.24. The van der Waals surface area contributed by atoms with E-state index in [9.17, 15) is 4.79 Å². The van der Waals surface area contributed by atoms with E-state index in [0.717, 1.165) is 36.6 Å². The van der Waals surface area contributed by atoms with Crippen molar-refractivity contribution in [2.45, 2.75) is 25.7 Å². The fraction of sp³-hybridized carbons (Fsp3) is 0.400. The van der Waals surface area contributed by atoms with Crippen LogP contribution in [0.1, 0.15) is 36.2 Å². The summed E-state index contributed by atoms with van der Waals surface area (Å²) in [7, 11) is 0. The van der Waals surface area contributed by atoms with Gasteiger partial charge >= 0.3 is 0 Å². The van der Waals surface area contributed by atoms with Gasteiger partial charge in [0.2, 0.25) is 0 Å². The molecule has 0 bridgehead atoms. The molecule has 0 atom stereocenters. The molecule has 102 valence electrons. The fourth-order valence-corrected chi connectivity index (χ4v) is 2.08. The van der Waals surface area contributed by atoms with Gasteiger partial charge in [0.1, 0.15) is 5.69 Å². The minimum Gasteiger partial charge on any atom is -0.396 e. The van der Waals surface area contributed by atoms with Gasteiger partial charge in [0, 0.05) is 24.1 Å². The van der Waals surface area contributed by atoms with Crippen LogP contribution >= 0.6 is 0 Å². The van der Waals surface area contributed by atoms with E-state index in [-0.39, 0.29) is 12.5 Å². The molecule has 1 amide bonds. The number of hydrogen-bond donors (Lipinski definition) is 3. The Labute approximate surface area is 112 Å². The summed E-state index contributed by atoms with van der Waals surface area (Å²) in [5.41, 5.74) is 1.59. The standard InChI is InChI=1S/C15H20N2O2/c18-10-6-2-1-5-9-16-15(19)14-11-12-7-3-4-8-13(12)17-14/h3-4,7-8,11,17-18H,1-2,5-6,9-10H2,(H,16,19). The van der Waals surface area contributed by atoms with Gasteiger partial charge in [-0.1, -0.05) is 31.0 Å². The van der Waals surface area contributed by atoms with Crippen molar-refractivity contribution in [2.75, 3.05) is 13.2 Å². The van der Waals surface area contributed by atoms with Gasteiger partial charge in [-0.05, 0) is 25.0 Å². The SMILES string of the molecule is O=C(NCCCCCCO)c1cc2ccccc2[nH]1. The van der Waals surface area contributed by atoms with E-state index in [1.54, 1.807) is 0 Å². The molecule has 0 unspecified atom stereocenters. The van der Waals surface area contributed by atoms with Gasteiger partial charge in [0.25, 0.3) is 5.91 Å². The number of carbonyl (C=O) groups is 1. The summed E-state index contributed by atoms with van der Waals surface area (Å²) < 4.78 is 0. The van der Waals surface area contributed by atoms with E-state index in [2.05, 4.69) is 10.3 Å². The van der Waals surface area contributed by atoms with Gasteiger partial charge in [0.15, 0.2) is 0 Å². The van der Waals surface area contributed by atoms with Crippen LogP contribution in [0.3, 0.4) is 0 Å². The minimum atomic E-state index is -0.0571. The monoisotopic (exact) mass is 260 g/mol. The molecule has 0 aliphatic heterocycles. The minimum absolute atomic E-state index is 0.0571. The second-order valence-electron chi connectivity index (χ2n) is 4.66. The highest BCUT2D eigenvalue weighted by molar-refractivity contribution is 5.97. The quantitative estimate of drug-likeness (QED) is 0.669. The number of amides is 1. The van der Waals surface area contributed by atoms with Gasteiger partial charge in [-0.25, -0.2) is 0 Å². The third-order valence-electron chi connectivity index (χ3n) is 3.15. The van der Waals surface area contributed by atoms with Crippen molar-refractivity contribution in [3.63, 3.8) is 0 Å². The van der Waals surface area contributed by atoms with E-state index in [1.165, 1.54) is 0 Å². The van der Waals surface area contributed by atoms with Crippen LogP contribution in [-0.4, -0.2) is 29.1 Å². The molecule has 4 heteroatoms. The maximum Gasteiger partial charge on any atom is 0.267 e. The Morgan fingerprint density at radius 1 is 1.16 bits per heavy atom. The summed E-state index contributed by atoms with van der Waals surface area (Å²) in [5.74, 6) is -0.0571. The first-order valence-electron chi connectivity index (χ1n) is 6.78. The van der Waals surface area contributed by atoms with Crippen molar-refractivity contribution in [2.24, 2.45) is 0 Å². The van der Waals surface area contributed by atoms with Gasteiger partial charge in [-0.3, -0.25) is 4.79 Å². The number of carbonyl (C=O) groups excluding carboxylic acids is 1. The Bertz CT molecular complexity index is 501. The summed E-state index contributed by atoms with van der Waals surface area (Å²) in [6, 6.07) is 9.72. The smallest absolute Gasteiger partial charge is 0.267 e. The number of aliphatic hydroxyl groups excluding tert-OH is 1. The molecule has 4 nitrogen and oxygen atoms in total. The van der Waals surface area contributed by atoms with Crippen LogP contribution < -0.4 is 5.32 Å². The normalized spacial score (nSPS) is 10.8. The average molecular weight is 260 g/mol. The van der Waals surface area contributed by atoms with Crippen molar-refractivity contribution in [3.05, 3.63) is 36.0 Å². The van der Waals surface area contributed by atoms with E-state index in [0.29, 0.717) is 12.2 Å². The number of fused-ring (bicyclic) bond motifs is 1. The molecule has 19 heavy (non-hydrogen) atoms. The van der Waals surface area contributed by atoms with Crippen LogP contribution in [0.2, 0.25) is 0 Å². The zero-order valence-electron chi connectivity index (χ0n) is 11.0. The third kappa shape index (κ3) is 3.83. The van der Waals surface area contributed by atoms with Gasteiger partial charge < -0.3 is 15.4 Å². The zero-order chi connectivity index (χ0) is 13.5. The number of benzene rings is 1. The number of aliphatic hydroxyl groups is 1. The molecule has 2 aromatic rings. The topological polar surface area (TPSA) is 65.1 Å². The molecule has 0 aliphatic rings. The van der Waals surface area contributed by atoms with Crippen LogP contribution in [0.25, 0.3) is 10.9 Å². The third-order valence-corrected chi connectivity index (χ3v) is 3.15. The summed E-state index contributed by atoms with van der Waals surface area (Å²) >= 11 is 0. The van der Waals surface area contributed by atoms with Crippen LogP contribution in [0.5, 0.6) is 0 Å². The first kappa shape index (κ1) is 13.6. The zero-order valence-corrected chi connectivity index (χ0v) is 11.0. The van der Waals surface area contributed by atoms with Crippen LogP contribution in [0.15, 0.2) is 30.3 Å². The number of hydrogen-bond acceptors (Lipinski definition) is 2. The highest BCUT2D eigenvalue weighted by atomic mass is 16.2. The predicted molar refractivity (Wildman–Crippen MR) is 76.2 cm³/mol. The molecule has 0 radical (unpaired) electrons. The van der Waals surface area contributed by atoms with Crippen molar-refractivity contribution in [1.82, 2.24) is 10.3 Å². The number of unbranched alkanes of at least 4 members (excludes halogenated alkanes) is 3. The summed E-state index contributed by atoms with van der Waals surface area (Å²) in [6.07, 6.45) is 3.84. The van der Waals surface area contributed by atoms with Gasteiger partial charge in [-0.2, -0.15) is 0 Å². The van der Waals surface area contributed by atoms with E-state index >= 15 is 0 Å². The molecule has 0 aliphatic carbocycles. The van der Waals surface area contributed by atoms with E-state index in [4.69, 9.17) is 5.11 Å². The molecular weight excluding hydrogens is 240 g/mol. The van der Waals surface area contributed by atoms with E-state index < -0.39 is 0 Å². The lowest BCUT2D eigenvalue weighted by Gasteiger charge is -2.03. The van der Waals surface area contributed by atoms with Crippen molar-refractivity contribution in [1.29, 1.82) is 0 Å². The van der Waals surface area contributed by atoms with Crippen molar-refractivity contribution in [3.8, 4) is 0 Å². The molecule has 1 aromatic carbocycles. The number of aromatic nitrogens is 1. The summed E-state index contributed by atoms with van der Waals surface area (Å²) in [4.78, 5) is 15.0. The Balaban J connectivity index is 1.79. The van der Waals surface area contributed by atoms with Gasteiger partial charge in [0.05, 0.1) is 0 Å². The Kier molecular flexibility index (Phi) is 4.98. The van der Waals surface area contributed by atoms with Crippen molar-refractivity contribution >= 4 is 16.8 Å². The highest BCUT2D eigenvalue weighted by Crippen LogP contribution is 2.14. The molecule has 1 heterocycles. The Hall–Kier alpha value is -1.81. The van der Waals surface area contributed by atoms with Crippen LogP contribution in [0, 0.1) is 0 Å². The molecule has 0 saturated carbocycles. The van der Waals surface area contributed by atoms with Gasteiger partial charge in [-0.15, -0.1) is 0 Å².